The normalized spacial score (nSPS) is 18.3. The van der Waals surface area contributed by atoms with E-state index in [-0.39, 0.29) is 11.8 Å². The highest BCUT2D eigenvalue weighted by molar-refractivity contribution is 5.76. The zero-order valence-electron chi connectivity index (χ0n) is 14.1. The van der Waals surface area contributed by atoms with E-state index in [9.17, 15) is 4.79 Å². The molecule has 0 aromatic carbocycles. The minimum atomic E-state index is 0.108. The molecule has 0 unspecified atom stereocenters. The molecule has 2 aromatic heterocycles. The predicted octanol–water partition coefficient (Wildman–Crippen LogP) is 1.05. The standard InChI is InChI=1S/C15H23N7O2/c1-11(2)8-13-17-15(24-18-13)12-4-3-6-21(9-12)14(23)5-7-22-10-16-19-20-22/h10-12H,3-9H2,1-2H3/t12-/m1/s1. The van der Waals surface area contributed by atoms with E-state index in [0.717, 1.165) is 31.6 Å². The number of carbonyl (C=O) groups is 1. The fraction of sp³-hybridized carbons (Fsp3) is 0.733. The Bertz CT molecular complexity index is 653. The lowest BCUT2D eigenvalue weighted by Crippen LogP contribution is -2.39. The number of hydrogen-bond donors (Lipinski definition) is 0. The lowest BCUT2D eigenvalue weighted by molar-refractivity contribution is -0.132. The van der Waals surface area contributed by atoms with Crippen LogP contribution in [0.5, 0.6) is 0 Å². The first-order valence-electron chi connectivity index (χ1n) is 8.43. The van der Waals surface area contributed by atoms with Gasteiger partial charge in [0.25, 0.3) is 0 Å². The molecule has 1 aliphatic heterocycles. The summed E-state index contributed by atoms with van der Waals surface area (Å²) in [6.45, 7) is 6.16. The molecule has 0 spiro atoms. The van der Waals surface area contributed by atoms with Crippen LogP contribution in [0.15, 0.2) is 10.9 Å². The molecule has 0 aliphatic carbocycles. The van der Waals surface area contributed by atoms with E-state index >= 15 is 0 Å². The van der Waals surface area contributed by atoms with Crippen molar-refractivity contribution in [2.75, 3.05) is 13.1 Å². The van der Waals surface area contributed by atoms with Crippen molar-refractivity contribution in [3.8, 4) is 0 Å². The van der Waals surface area contributed by atoms with Gasteiger partial charge in [-0.1, -0.05) is 19.0 Å². The van der Waals surface area contributed by atoms with Crippen LogP contribution < -0.4 is 0 Å². The van der Waals surface area contributed by atoms with Crippen LogP contribution in [0.2, 0.25) is 0 Å². The number of carbonyl (C=O) groups excluding carboxylic acids is 1. The third kappa shape index (κ3) is 4.15. The maximum absolute atomic E-state index is 12.4. The number of likely N-dealkylation sites (tertiary alicyclic amines) is 1. The number of tetrazole rings is 1. The molecule has 0 radical (unpaired) electrons. The Morgan fingerprint density at radius 1 is 1.46 bits per heavy atom. The zero-order chi connectivity index (χ0) is 16.9. The summed E-state index contributed by atoms with van der Waals surface area (Å²) in [7, 11) is 0. The topological polar surface area (TPSA) is 103 Å². The molecule has 0 bridgehead atoms. The molecular weight excluding hydrogens is 310 g/mol. The first-order valence-corrected chi connectivity index (χ1v) is 8.43. The van der Waals surface area contributed by atoms with E-state index < -0.39 is 0 Å². The molecule has 9 nitrogen and oxygen atoms in total. The van der Waals surface area contributed by atoms with Crippen LogP contribution in [-0.2, 0) is 17.8 Å². The molecule has 3 heterocycles. The molecule has 1 saturated heterocycles. The van der Waals surface area contributed by atoms with E-state index in [4.69, 9.17) is 4.52 Å². The van der Waals surface area contributed by atoms with Gasteiger partial charge in [0.15, 0.2) is 5.82 Å². The third-order valence-corrected chi connectivity index (χ3v) is 4.14. The number of amides is 1. The lowest BCUT2D eigenvalue weighted by Gasteiger charge is -2.31. The molecule has 1 aliphatic rings. The molecule has 1 atom stereocenters. The summed E-state index contributed by atoms with van der Waals surface area (Å²) in [5.74, 6) is 2.14. The van der Waals surface area contributed by atoms with E-state index in [2.05, 4.69) is 39.5 Å². The fourth-order valence-corrected chi connectivity index (χ4v) is 2.94. The maximum atomic E-state index is 12.4. The predicted molar refractivity (Wildman–Crippen MR) is 83.8 cm³/mol. The largest absolute Gasteiger partial charge is 0.342 e. The molecule has 130 valence electrons. The van der Waals surface area contributed by atoms with Gasteiger partial charge in [-0.3, -0.25) is 4.79 Å². The van der Waals surface area contributed by atoms with Gasteiger partial charge in [0.05, 0.1) is 12.5 Å². The van der Waals surface area contributed by atoms with Crippen molar-refractivity contribution in [1.29, 1.82) is 0 Å². The monoisotopic (exact) mass is 333 g/mol. The highest BCUT2D eigenvalue weighted by atomic mass is 16.5. The van der Waals surface area contributed by atoms with Crippen molar-refractivity contribution in [1.82, 2.24) is 35.2 Å². The maximum Gasteiger partial charge on any atom is 0.231 e. The van der Waals surface area contributed by atoms with Crippen molar-refractivity contribution in [3.63, 3.8) is 0 Å². The van der Waals surface area contributed by atoms with Gasteiger partial charge >= 0.3 is 0 Å². The first-order chi connectivity index (χ1) is 11.6. The van der Waals surface area contributed by atoms with Crippen molar-refractivity contribution < 1.29 is 9.32 Å². The van der Waals surface area contributed by atoms with Crippen LogP contribution in [0.4, 0.5) is 0 Å². The molecule has 24 heavy (non-hydrogen) atoms. The summed E-state index contributed by atoms with van der Waals surface area (Å²) in [6, 6.07) is 0. The number of aromatic nitrogens is 6. The highest BCUT2D eigenvalue weighted by Crippen LogP contribution is 2.26. The van der Waals surface area contributed by atoms with E-state index in [1.165, 1.54) is 6.33 Å². The SMILES string of the molecule is CC(C)Cc1noc([C@@H]2CCCN(C(=O)CCn3cnnn3)C2)n1. The van der Waals surface area contributed by atoms with Crippen molar-refractivity contribution in [2.45, 2.75) is 52.0 Å². The van der Waals surface area contributed by atoms with Gasteiger partial charge in [-0.2, -0.15) is 4.98 Å². The summed E-state index contributed by atoms with van der Waals surface area (Å²) in [6.07, 6.45) is 4.63. The smallest absolute Gasteiger partial charge is 0.231 e. The third-order valence-electron chi connectivity index (χ3n) is 4.14. The Kier molecular flexibility index (Phi) is 5.17. The summed E-state index contributed by atoms with van der Waals surface area (Å²) >= 11 is 0. The second-order valence-corrected chi connectivity index (χ2v) is 6.65. The molecule has 0 saturated carbocycles. The Labute approximate surface area is 140 Å². The van der Waals surface area contributed by atoms with Gasteiger partial charge in [-0.15, -0.1) is 5.10 Å². The number of piperidine rings is 1. The summed E-state index contributed by atoms with van der Waals surface area (Å²) in [5.41, 5.74) is 0. The van der Waals surface area contributed by atoms with Crippen molar-refractivity contribution >= 4 is 5.91 Å². The number of aryl methyl sites for hydroxylation is 1. The number of nitrogens with zero attached hydrogens (tertiary/aromatic N) is 7. The quantitative estimate of drug-likeness (QED) is 0.778. The van der Waals surface area contributed by atoms with Gasteiger partial charge in [-0.25, -0.2) is 4.68 Å². The summed E-state index contributed by atoms with van der Waals surface area (Å²) < 4.78 is 6.99. The number of hydrogen-bond acceptors (Lipinski definition) is 7. The Hall–Kier alpha value is -2.32. The Morgan fingerprint density at radius 2 is 2.33 bits per heavy atom. The minimum absolute atomic E-state index is 0.108. The minimum Gasteiger partial charge on any atom is -0.342 e. The molecule has 3 rings (SSSR count). The van der Waals surface area contributed by atoms with Gasteiger partial charge in [-0.05, 0) is 29.2 Å². The van der Waals surface area contributed by atoms with Gasteiger partial charge in [0.2, 0.25) is 11.8 Å². The van der Waals surface area contributed by atoms with Gasteiger partial charge in [0, 0.05) is 25.9 Å². The average Bonchev–Trinajstić information content (AvgIpc) is 3.24. The van der Waals surface area contributed by atoms with Gasteiger partial charge < -0.3 is 9.42 Å². The number of rotatable bonds is 6. The van der Waals surface area contributed by atoms with E-state index in [0.29, 0.717) is 31.3 Å². The average molecular weight is 333 g/mol. The second-order valence-electron chi connectivity index (χ2n) is 6.65. The fourth-order valence-electron chi connectivity index (χ4n) is 2.94. The molecule has 1 amide bonds. The zero-order valence-corrected chi connectivity index (χ0v) is 14.1. The van der Waals surface area contributed by atoms with Crippen molar-refractivity contribution in [2.24, 2.45) is 5.92 Å². The van der Waals surface area contributed by atoms with E-state index in [1.807, 2.05) is 4.90 Å². The Balaban J connectivity index is 1.55. The van der Waals surface area contributed by atoms with Crippen LogP contribution in [0.3, 0.4) is 0 Å². The molecule has 0 N–H and O–H groups in total. The van der Waals surface area contributed by atoms with Crippen LogP contribution >= 0.6 is 0 Å². The first kappa shape index (κ1) is 16.5. The van der Waals surface area contributed by atoms with E-state index in [1.54, 1.807) is 4.68 Å². The second kappa shape index (κ2) is 7.50. The molecular formula is C15H23N7O2. The van der Waals surface area contributed by atoms with Crippen molar-refractivity contribution in [3.05, 3.63) is 18.0 Å². The van der Waals surface area contributed by atoms with Gasteiger partial charge in [0.1, 0.15) is 6.33 Å². The van der Waals surface area contributed by atoms with Crippen LogP contribution in [0.1, 0.15) is 50.7 Å². The summed E-state index contributed by atoms with van der Waals surface area (Å²) in [4.78, 5) is 18.8. The highest BCUT2D eigenvalue weighted by Gasteiger charge is 2.28. The van der Waals surface area contributed by atoms with Crippen LogP contribution in [0.25, 0.3) is 0 Å². The van der Waals surface area contributed by atoms with Crippen LogP contribution in [-0.4, -0.2) is 54.2 Å². The Morgan fingerprint density at radius 3 is 3.08 bits per heavy atom. The molecule has 1 fully saturated rings. The summed E-state index contributed by atoms with van der Waals surface area (Å²) in [5, 5.41) is 15.0. The van der Waals surface area contributed by atoms with Crippen LogP contribution in [0, 0.1) is 5.92 Å². The lowest BCUT2D eigenvalue weighted by atomic mass is 9.97. The molecule has 9 heteroatoms. The molecule has 2 aromatic rings.